The first-order valence-electron chi connectivity index (χ1n) is 9.64. The largest absolute Gasteiger partial charge is 0.336 e. The number of benzene rings is 1. The molecule has 1 heterocycles. The smallest absolute Gasteiger partial charge is 0.223 e. The van der Waals surface area contributed by atoms with E-state index in [-0.39, 0.29) is 11.9 Å². The quantitative estimate of drug-likeness (QED) is 0.759. The second-order valence-electron chi connectivity index (χ2n) is 7.83. The van der Waals surface area contributed by atoms with Crippen LogP contribution in [0.15, 0.2) is 24.3 Å². The monoisotopic (exact) mass is 345 g/mol. The van der Waals surface area contributed by atoms with E-state index in [2.05, 4.69) is 68.8 Å². The predicted molar refractivity (Wildman–Crippen MR) is 105 cm³/mol. The second-order valence-corrected chi connectivity index (χ2v) is 7.83. The number of aryl methyl sites for hydroxylation is 1. The van der Waals surface area contributed by atoms with Crippen LogP contribution in [0.25, 0.3) is 0 Å². The van der Waals surface area contributed by atoms with Crippen LogP contribution in [-0.4, -0.2) is 65.9 Å². The van der Waals surface area contributed by atoms with E-state index in [1.807, 2.05) is 4.90 Å². The Morgan fingerprint density at radius 1 is 1.16 bits per heavy atom. The Balaban J connectivity index is 1.87. The fraction of sp³-hybridized carbons (Fsp3) is 0.667. The molecule has 4 nitrogen and oxygen atoms in total. The molecule has 1 aromatic carbocycles. The third-order valence-corrected chi connectivity index (χ3v) is 5.32. The van der Waals surface area contributed by atoms with E-state index in [0.717, 1.165) is 32.6 Å². The van der Waals surface area contributed by atoms with Crippen LogP contribution < -0.4 is 0 Å². The van der Waals surface area contributed by atoms with Crippen molar-refractivity contribution in [3.8, 4) is 0 Å². The Labute approximate surface area is 153 Å². The van der Waals surface area contributed by atoms with Crippen molar-refractivity contribution in [2.24, 2.45) is 0 Å². The Morgan fingerprint density at radius 2 is 1.84 bits per heavy atom. The van der Waals surface area contributed by atoms with Gasteiger partial charge in [0.1, 0.15) is 0 Å². The zero-order valence-corrected chi connectivity index (χ0v) is 16.7. The molecular weight excluding hydrogens is 310 g/mol. The summed E-state index contributed by atoms with van der Waals surface area (Å²) < 4.78 is 0. The average Bonchev–Trinajstić information content (AvgIpc) is 2.57. The van der Waals surface area contributed by atoms with Gasteiger partial charge in [-0.25, -0.2) is 0 Å². The molecule has 1 fully saturated rings. The number of rotatable bonds is 7. The van der Waals surface area contributed by atoms with Crippen molar-refractivity contribution in [3.63, 3.8) is 0 Å². The van der Waals surface area contributed by atoms with Crippen LogP contribution in [0.2, 0.25) is 0 Å². The van der Waals surface area contributed by atoms with E-state index in [1.165, 1.54) is 11.1 Å². The second kappa shape index (κ2) is 9.35. The van der Waals surface area contributed by atoms with Crippen molar-refractivity contribution in [3.05, 3.63) is 35.4 Å². The lowest BCUT2D eigenvalue weighted by Crippen LogP contribution is -2.48. The highest BCUT2D eigenvalue weighted by molar-refractivity contribution is 5.76. The molecule has 1 atom stereocenters. The van der Waals surface area contributed by atoms with Crippen molar-refractivity contribution in [1.29, 1.82) is 0 Å². The third kappa shape index (κ3) is 6.12. The maximum Gasteiger partial charge on any atom is 0.223 e. The van der Waals surface area contributed by atoms with Gasteiger partial charge in [-0.2, -0.15) is 0 Å². The van der Waals surface area contributed by atoms with Gasteiger partial charge in [-0.3, -0.25) is 9.69 Å². The Kier molecular flexibility index (Phi) is 7.45. The van der Waals surface area contributed by atoms with Gasteiger partial charge in [0.2, 0.25) is 5.91 Å². The fourth-order valence-corrected chi connectivity index (χ4v) is 3.49. The highest BCUT2D eigenvalue weighted by Crippen LogP contribution is 2.15. The van der Waals surface area contributed by atoms with Gasteiger partial charge in [0, 0.05) is 51.2 Å². The van der Waals surface area contributed by atoms with Crippen LogP contribution in [0.3, 0.4) is 0 Å². The van der Waals surface area contributed by atoms with Crippen molar-refractivity contribution >= 4 is 5.91 Å². The number of piperazine rings is 1. The highest BCUT2D eigenvalue weighted by Gasteiger charge is 2.22. The standard InChI is InChI=1S/C21H35N3O/c1-17(2)24(16-20-8-6-7-18(3)15-20)21(25)10-9-19(4)23-13-11-22(5)12-14-23/h6-8,15,17,19H,9-14,16H2,1-5H3. The summed E-state index contributed by atoms with van der Waals surface area (Å²) >= 11 is 0. The summed E-state index contributed by atoms with van der Waals surface area (Å²) in [5.74, 6) is 0.275. The fourth-order valence-electron chi connectivity index (χ4n) is 3.49. The van der Waals surface area contributed by atoms with Crippen molar-refractivity contribution < 1.29 is 4.79 Å². The normalized spacial score (nSPS) is 17.7. The molecule has 4 heteroatoms. The van der Waals surface area contributed by atoms with Crippen LogP contribution >= 0.6 is 0 Å². The highest BCUT2D eigenvalue weighted by atomic mass is 16.2. The molecular formula is C21H35N3O. The minimum atomic E-state index is 0.229. The molecule has 0 spiro atoms. The van der Waals surface area contributed by atoms with E-state index in [9.17, 15) is 4.79 Å². The molecule has 1 saturated heterocycles. The van der Waals surface area contributed by atoms with Crippen LogP contribution in [0, 0.1) is 6.92 Å². The van der Waals surface area contributed by atoms with Gasteiger partial charge in [0.25, 0.3) is 0 Å². The van der Waals surface area contributed by atoms with Gasteiger partial charge in [0.15, 0.2) is 0 Å². The van der Waals surface area contributed by atoms with Gasteiger partial charge >= 0.3 is 0 Å². The van der Waals surface area contributed by atoms with Crippen molar-refractivity contribution in [1.82, 2.24) is 14.7 Å². The van der Waals surface area contributed by atoms with Gasteiger partial charge in [0.05, 0.1) is 0 Å². The molecule has 25 heavy (non-hydrogen) atoms. The van der Waals surface area contributed by atoms with Crippen molar-refractivity contribution in [2.75, 3.05) is 33.2 Å². The molecule has 1 aliphatic heterocycles. The minimum absolute atomic E-state index is 0.229. The Hall–Kier alpha value is -1.39. The molecule has 0 saturated carbocycles. The number of carbonyl (C=O) groups excluding carboxylic acids is 1. The van der Waals surface area contributed by atoms with Gasteiger partial charge in [-0.15, -0.1) is 0 Å². The zero-order valence-electron chi connectivity index (χ0n) is 16.7. The van der Waals surface area contributed by atoms with Crippen LogP contribution in [-0.2, 0) is 11.3 Å². The number of hydrogen-bond donors (Lipinski definition) is 0. The van der Waals surface area contributed by atoms with Gasteiger partial charge < -0.3 is 9.80 Å². The summed E-state index contributed by atoms with van der Waals surface area (Å²) in [6.07, 6.45) is 1.58. The first kappa shape index (κ1) is 19.9. The zero-order chi connectivity index (χ0) is 18.4. The number of likely N-dealkylation sites (N-methyl/N-ethyl adjacent to an activating group) is 1. The molecule has 0 bridgehead atoms. The SMILES string of the molecule is Cc1cccc(CN(C(=O)CCC(C)N2CCN(C)CC2)C(C)C)c1. The minimum Gasteiger partial charge on any atom is -0.336 e. The van der Waals surface area contributed by atoms with E-state index < -0.39 is 0 Å². The van der Waals surface area contributed by atoms with Crippen LogP contribution in [0.4, 0.5) is 0 Å². The van der Waals surface area contributed by atoms with E-state index >= 15 is 0 Å². The van der Waals surface area contributed by atoms with E-state index in [1.54, 1.807) is 0 Å². The van der Waals surface area contributed by atoms with Crippen LogP contribution in [0.5, 0.6) is 0 Å². The molecule has 0 aromatic heterocycles. The molecule has 1 amide bonds. The average molecular weight is 346 g/mol. The lowest BCUT2D eigenvalue weighted by atomic mass is 10.1. The predicted octanol–water partition coefficient (Wildman–Crippen LogP) is 3.15. The lowest BCUT2D eigenvalue weighted by Gasteiger charge is -2.36. The van der Waals surface area contributed by atoms with Gasteiger partial charge in [-0.05, 0) is 46.7 Å². The molecule has 1 aromatic rings. The first-order valence-corrected chi connectivity index (χ1v) is 9.64. The summed E-state index contributed by atoms with van der Waals surface area (Å²) in [5, 5.41) is 0. The third-order valence-electron chi connectivity index (χ3n) is 5.32. The van der Waals surface area contributed by atoms with E-state index in [0.29, 0.717) is 19.0 Å². The molecule has 0 radical (unpaired) electrons. The van der Waals surface area contributed by atoms with Crippen molar-refractivity contribution in [2.45, 2.75) is 59.2 Å². The summed E-state index contributed by atoms with van der Waals surface area (Å²) in [6, 6.07) is 9.17. The molecule has 1 aliphatic rings. The number of carbonyl (C=O) groups is 1. The molecule has 1 unspecified atom stereocenters. The van der Waals surface area contributed by atoms with E-state index in [4.69, 9.17) is 0 Å². The summed E-state index contributed by atoms with van der Waals surface area (Å²) in [6.45, 7) is 13.8. The lowest BCUT2D eigenvalue weighted by molar-refractivity contribution is -0.134. The maximum atomic E-state index is 12.8. The number of hydrogen-bond acceptors (Lipinski definition) is 3. The first-order chi connectivity index (χ1) is 11.9. The molecule has 140 valence electrons. The van der Waals surface area contributed by atoms with Crippen LogP contribution in [0.1, 0.15) is 44.7 Å². The summed E-state index contributed by atoms with van der Waals surface area (Å²) in [5.41, 5.74) is 2.46. The molecule has 0 N–H and O–H groups in total. The Morgan fingerprint density at radius 3 is 2.44 bits per heavy atom. The maximum absolute atomic E-state index is 12.8. The molecule has 0 aliphatic carbocycles. The Bertz CT molecular complexity index is 550. The topological polar surface area (TPSA) is 26.8 Å². The summed E-state index contributed by atoms with van der Waals surface area (Å²) in [7, 11) is 2.18. The summed E-state index contributed by atoms with van der Waals surface area (Å²) in [4.78, 5) is 19.7. The molecule has 2 rings (SSSR count). The number of amides is 1. The van der Waals surface area contributed by atoms with Gasteiger partial charge in [-0.1, -0.05) is 29.8 Å². The number of nitrogens with zero attached hydrogens (tertiary/aromatic N) is 3.